The van der Waals surface area contributed by atoms with Crippen LogP contribution in [0, 0.1) is 5.82 Å². The standard InChI is InChI=1S/C16H19FN2O3/c1-22-16(21)19-10-9-13(11-19)18-15(20)8-4-6-12-5-2-3-7-14(12)17/h2-7,13H,8-11H2,1H3,(H,18,20)/b6-4+/t13-/m1/s1. The van der Waals surface area contributed by atoms with Gasteiger partial charge in [-0.2, -0.15) is 0 Å². The van der Waals surface area contributed by atoms with Crippen molar-refractivity contribution in [1.82, 2.24) is 10.2 Å². The summed E-state index contributed by atoms with van der Waals surface area (Å²) in [5.41, 5.74) is 0.452. The number of hydrogen-bond acceptors (Lipinski definition) is 3. The first-order valence-electron chi connectivity index (χ1n) is 7.13. The van der Waals surface area contributed by atoms with Crippen molar-refractivity contribution >= 4 is 18.1 Å². The molecule has 6 heteroatoms. The highest BCUT2D eigenvalue weighted by molar-refractivity contribution is 5.79. The number of hydrogen-bond donors (Lipinski definition) is 1. The summed E-state index contributed by atoms with van der Waals surface area (Å²) in [7, 11) is 1.34. The molecule has 0 spiro atoms. The number of likely N-dealkylation sites (tertiary alicyclic amines) is 1. The van der Waals surface area contributed by atoms with Gasteiger partial charge in [0.2, 0.25) is 5.91 Å². The van der Waals surface area contributed by atoms with Crippen molar-refractivity contribution in [2.45, 2.75) is 18.9 Å². The predicted octanol–water partition coefficient (Wildman–Crippen LogP) is 2.19. The molecule has 5 nitrogen and oxygen atoms in total. The van der Waals surface area contributed by atoms with Gasteiger partial charge in [0.25, 0.3) is 0 Å². The zero-order valence-electron chi connectivity index (χ0n) is 12.4. The van der Waals surface area contributed by atoms with E-state index in [-0.39, 0.29) is 30.3 Å². The third-order valence-electron chi connectivity index (χ3n) is 3.49. The van der Waals surface area contributed by atoms with Gasteiger partial charge in [0.05, 0.1) is 7.11 Å². The van der Waals surface area contributed by atoms with Crippen molar-refractivity contribution in [3.05, 3.63) is 41.7 Å². The largest absolute Gasteiger partial charge is 0.453 e. The molecule has 1 aliphatic rings. The number of methoxy groups -OCH3 is 1. The van der Waals surface area contributed by atoms with E-state index in [1.54, 1.807) is 35.3 Å². The van der Waals surface area contributed by atoms with E-state index in [1.807, 2.05) is 0 Å². The highest BCUT2D eigenvalue weighted by Crippen LogP contribution is 2.11. The van der Waals surface area contributed by atoms with Crippen LogP contribution in [-0.2, 0) is 9.53 Å². The summed E-state index contributed by atoms with van der Waals surface area (Å²) < 4.78 is 18.0. The zero-order chi connectivity index (χ0) is 15.9. The highest BCUT2D eigenvalue weighted by Gasteiger charge is 2.27. The zero-order valence-corrected chi connectivity index (χ0v) is 12.4. The summed E-state index contributed by atoms with van der Waals surface area (Å²) in [6.07, 6.45) is 3.71. The lowest BCUT2D eigenvalue weighted by atomic mass is 10.2. The molecule has 1 atom stereocenters. The number of carbonyl (C=O) groups is 2. The second-order valence-corrected chi connectivity index (χ2v) is 5.10. The number of nitrogens with zero attached hydrogens (tertiary/aromatic N) is 1. The van der Waals surface area contributed by atoms with Gasteiger partial charge in [-0.25, -0.2) is 9.18 Å². The molecule has 0 unspecified atom stereocenters. The van der Waals surface area contributed by atoms with E-state index in [4.69, 9.17) is 0 Å². The van der Waals surface area contributed by atoms with E-state index >= 15 is 0 Å². The van der Waals surface area contributed by atoms with Gasteiger partial charge in [-0.05, 0) is 12.5 Å². The fraction of sp³-hybridized carbons (Fsp3) is 0.375. The highest BCUT2D eigenvalue weighted by atomic mass is 19.1. The van der Waals surface area contributed by atoms with E-state index in [2.05, 4.69) is 10.1 Å². The Kier molecular flexibility index (Phi) is 5.52. The second kappa shape index (κ2) is 7.59. The number of halogens is 1. The molecular formula is C16H19FN2O3. The molecule has 2 rings (SSSR count). The van der Waals surface area contributed by atoms with Gasteiger partial charge in [-0.3, -0.25) is 4.79 Å². The number of nitrogens with one attached hydrogen (secondary N) is 1. The lowest BCUT2D eigenvalue weighted by Crippen LogP contribution is -2.38. The maximum atomic E-state index is 13.4. The molecule has 2 amide bonds. The topological polar surface area (TPSA) is 58.6 Å². The summed E-state index contributed by atoms with van der Waals surface area (Å²) in [6, 6.07) is 6.32. The Morgan fingerprint density at radius 2 is 2.23 bits per heavy atom. The summed E-state index contributed by atoms with van der Waals surface area (Å²) in [4.78, 5) is 24.7. The first kappa shape index (κ1) is 16.0. The molecule has 1 aromatic rings. The van der Waals surface area contributed by atoms with Gasteiger partial charge in [-0.15, -0.1) is 0 Å². The molecule has 22 heavy (non-hydrogen) atoms. The van der Waals surface area contributed by atoms with Gasteiger partial charge >= 0.3 is 6.09 Å². The molecule has 1 fully saturated rings. The second-order valence-electron chi connectivity index (χ2n) is 5.10. The van der Waals surface area contributed by atoms with Crippen LogP contribution in [0.5, 0.6) is 0 Å². The number of carbonyl (C=O) groups excluding carboxylic acids is 2. The Morgan fingerprint density at radius 1 is 1.45 bits per heavy atom. The fourth-order valence-electron chi connectivity index (χ4n) is 2.36. The molecule has 118 valence electrons. The number of ether oxygens (including phenoxy) is 1. The molecule has 0 bridgehead atoms. The van der Waals surface area contributed by atoms with Crippen LogP contribution in [0.25, 0.3) is 6.08 Å². The molecule has 1 aromatic carbocycles. The molecule has 0 aliphatic carbocycles. The molecule has 0 saturated carbocycles. The first-order chi connectivity index (χ1) is 10.6. The lowest BCUT2D eigenvalue weighted by molar-refractivity contribution is -0.120. The normalized spacial score (nSPS) is 17.7. The van der Waals surface area contributed by atoms with Crippen LogP contribution >= 0.6 is 0 Å². The molecule has 1 aliphatic heterocycles. The van der Waals surface area contributed by atoms with Gasteiger partial charge in [0, 0.05) is 31.1 Å². The Labute approximate surface area is 128 Å². The van der Waals surface area contributed by atoms with Crippen molar-refractivity contribution in [3.63, 3.8) is 0 Å². The molecule has 1 saturated heterocycles. The SMILES string of the molecule is COC(=O)N1CC[C@@H](NC(=O)C/C=C/c2ccccc2F)C1. The van der Waals surface area contributed by atoms with E-state index in [0.717, 1.165) is 0 Å². The maximum Gasteiger partial charge on any atom is 0.409 e. The smallest absolute Gasteiger partial charge is 0.409 e. The van der Waals surface area contributed by atoms with Crippen molar-refractivity contribution in [2.24, 2.45) is 0 Å². The fourth-order valence-corrected chi connectivity index (χ4v) is 2.36. The van der Waals surface area contributed by atoms with Crippen LogP contribution in [0.2, 0.25) is 0 Å². The van der Waals surface area contributed by atoms with Crippen molar-refractivity contribution in [2.75, 3.05) is 20.2 Å². The van der Waals surface area contributed by atoms with E-state index in [1.165, 1.54) is 13.2 Å². The van der Waals surface area contributed by atoms with E-state index < -0.39 is 0 Å². The van der Waals surface area contributed by atoms with Crippen molar-refractivity contribution in [1.29, 1.82) is 0 Å². The average molecular weight is 306 g/mol. The minimum atomic E-state index is -0.379. The van der Waals surface area contributed by atoms with Crippen LogP contribution in [0.3, 0.4) is 0 Å². The van der Waals surface area contributed by atoms with Crippen molar-refractivity contribution in [3.8, 4) is 0 Å². The van der Waals surface area contributed by atoms with Gasteiger partial charge in [0.15, 0.2) is 0 Å². The number of amides is 2. The Morgan fingerprint density at radius 3 is 2.95 bits per heavy atom. The summed E-state index contributed by atoms with van der Waals surface area (Å²) in [5.74, 6) is -0.465. The first-order valence-corrected chi connectivity index (χ1v) is 7.13. The molecular weight excluding hydrogens is 287 g/mol. The van der Waals surface area contributed by atoms with Crippen molar-refractivity contribution < 1.29 is 18.7 Å². The van der Waals surface area contributed by atoms with Crippen LogP contribution in [0.15, 0.2) is 30.3 Å². The molecule has 0 radical (unpaired) electrons. The predicted molar refractivity (Wildman–Crippen MR) is 80.6 cm³/mol. The van der Waals surface area contributed by atoms with Crippen LogP contribution in [0.1, 0.15) is 18.4 Å². The monoisotopic (exact) mass is 306 g/mol. The van der Waals surface area contributed by atoms with E-state index in [9.17, 15) is 14.0 Å². The Bertz CT molecular complexity index is 574. The Balaban J connectivity index is 1.77. The van der Waals surface area contributed by atoms with Crippen LogP contribution < -0.4 is 5.32 Å². The minimum absolute atomic E-state index is 0.0616. The van der Waals surface area contributed by atoms with Crippen LogP contribution in [0.4, 0.5) is 9.18 Å². The quantitative estimate of drug-likeness (QED) is 0.927. The number of benzene rings is 1. The third-order valence-corrected chi connectivity index (χ3v) is 3.49. The molecule has 1 heterocycles. The Hall–Kier alpha value is -2.37. The summed E-state index contributed by atoms with van der Waals surface area (Å²) in [6.45, 7) is 1.03. The van der Waals surface area contributed by atoms with Crippen LogP contribution in [-0.4, -0.2) is 43.1 Å². The molecule has 0 aromatic heterocycles. The third kappa shape index (κ3) is 4.31. The van der Waals surface area contributed by atoms with Gasteiger partial charge < -0.3 is 15.0 Å². The van der Waals surface area contributed by atoms with Gasteiger partial charge in [0.1, 0.15) is 5.82 Å². The minimum Gasteiger partial charge on any atom is -0.453 e. The number of rotatable bonds is 4. The lowest BCUT2D eigenvalue weighted by Gasteiger charge is -2.15. The summed E-state index contributed by atoms with van der Waals surface area (Å²) >= 11 is 0. The molecule has 1 N–H and O–H groups in total. The summed E-state index contributed by atoms with van der Waals surface area (Å²) in [5, 5.41) is 2.86. The maximum absolute atomic E-state index is 13.4. The van der Waals surface area contributed by atoms with E-state index in [0.29, 0.717) is 25.1 Å². The van der Waals surface area contributed by atoms with Gasteiger partial charge in [-0.1, -0.05) is 30.4 Å². The average Bonchev–Trinajstić information content (AvgIpc) is 2.97.